The number of hydrogen-bond acceptors (Lipinski definition) is 7. The maximum Gasteiger partial charge on any atom is 0.339 e. The van der Waals surface area contributed by atoms with Crippen LogP contribution in [0.25, 0.3) is 0 Å². The number of carbonyl (C=O) groups excluding carboxylic acids is 3. The highest BCUT2D eigenvalue weighted by atomic mass is 16.6. The summed E-state index contributed by atoms with van der Waals surface area (Å²) >= 11 is 0. The molecule has 0 spiro atoms. The standard InChI is InChI=1S/C21H21N3O6/c1-23(2)17-10-7-13(11-18(17)24(28)29)20(26)15-5-3-4-6-16(15)21(27)30-12-19(25)22-14-8-9-14/h3-7,10-11,14H,8-9,12H2,1-2H3,(H,22,25). The Hall–Kier alpha value is -3.75. The molecule has 9 heteroatoms. The van der Waals surface area contributed by atoms with Gasteiger partial charge in [0.25, 0.3) is 11.6 Å². The molecule has 2 aromatic rings. The molecule has 3 rings (SSSR count). The van der Waals surface area contributed by atoms with Crippen LogP contribution in [-0.2, 0) is 9.53 Å². The highest BCUT2D eigenvalue weighted by Gasteiger charge is 2.25. The fourth-order valence-corrected chi connectivity index (χ4v) is 2.91. The van der Waals surface area contributed by atoms with Crippen molar-refractivity contribution in [2.24, 2.45) is 0 Å². The van der Waals surface area contributed by atoms with E-state index in [-0.39, 0.29) is 28.4 Å². The first kappa shape index (κ1) is 21.0. The van der Waals surface area contributed by atoms with E-state index in [4.69, 9.17) is 4.74 Å². The molecule has 0 aromatic heterocycles. The molecule has 0 radical (unpaired) electrons. The SMILES string of the molecule is CN(C)c1ccc(C(=O)c2ccccc2C(=O)OCC(=O)NC2CC2)cc1[N+](=O)[O-]. The van der Waals surface area contributed by atoms with Crippen LogP contribution in [0.3, 0.4) is 0 Å². The van der Waals surface area contributed by atoms with E-state index in [0.29, 0.717) is 5.69 Å². The highest BCUT2D eigenvalue weighted by molar-refractivity contribution is 6.15. The molecule has 1 N–H and O–H groups in total. The van der Waals surface area contributed by atoms with Crippen molar-refractivity contribution in [3.8, 4) is 0 Å². The number of nitrogens with one attached hydrogen (secondary N) is 1. The Morgan fingerprint density at radius 2 is 1.80 bits per heavy atom. The van der Waals surface area contributed by atoms with Crippen molar-refractivity contribution in [1.29, 1.82) is 0 Å². The van der Waals surface area contributed by atoms with Crippen molar-refractivity contribution in [2.45, 2.75) is 18.9 Å². The van der Waals surface area contributed by atoms with E-state index in [2.05, 4.69) is 5.32 Å². The van der Waals surface area contributed by atoms with Crippen molar-refractivity contribution in [3.05, 3.63) is 69.3 Å². The zero-order valence-corrected chi connectivity index (χ0v) is 16.6. The lowest BCUT2D eigenvalue weighted by atomic mass is 9.97. The van der Waals surface area contributed by atoms with E-state index in [1.165, 1.54) is 30.3 Å². The molecule has 0 saturated heterocycles. The highest BCUT2D eigenvalue weighted by Crippen LogP contribution is 2.29. The van der Waals surface area contributed by atoms with Crippen LogP contribution in [0.4, 0.5) is 11.4 Å². The van der Waals surface area contributed by atoms with Gasteiger partial charge in [0.1, 0.15) is 5.69 Å². The molecule has 0 aliphatic heterocycles. The number of carbonyl (C=O) groups is 3. The topological polar surface area (TPSA) is 119 Å². The second-order valence-electron chi connectivity index (χ2n) is 7.15. The number of nitro groups is 1. The maximum absolute atomic E-state index is 13.0. The van der Waals surface area contributed by atoms with Crippen LogP contribution in [0.15, 0.2) is 42.5 Å². The van der Waals surface area contributed by atoms with Crippen molar-refractivity contribution in [3.63, 3.8) is 0 Å². The van der Waals surface area contributed by atoms with Crippen LogP contribution >= 0.6 is 0 Å². The third-order valence-electron chi connectivity index (χ3n) is 4.58. The Balaban J connectivity index is 1.83. The molecule has 0 atom stereocenters. The summed E-state index contributed by atoms with van der Waals surface area (Å²) in [4.78, 5) is 49.6. The van der Waals surface area contributed by atoms with E-state index >= 15 is 0 Å². The van der Waals surface area contributed by atoms with Gasteiger partial charge in [0.15, 0.2) is 12.4 Å². The maximum atomic E-state index is 13.0. The zero-order valence-electron chi connectivity index (χ0n) is 16.6. The Labute approximate surface area is 172 Å². The molecular formula is C21H21N3O6. The second kappa shape index (κ2) is 8.73. The number of hydrogen-bond donors (Lipinski definition) is 1. The van der Waals surface area contributed by atoms with Crippen LogP contribution in [0.2, 0.25) is 0 Å². The molecular weight excluding hydrogens is 390 g/mol. The summed E-state index contributed by atoms with van der Waals surface area (Å²) in [6.45, 7) is -0.444. The van der Waals surface area contributed by atoms with Gasteiger partial charge >= 0.3 is 5.97 Å². The van der Waals surface area contributed by atoms with Gasteiger partial charge in [0.05, 0.1) is 10.5 Å². The molecule has 156 valence electrons. The monoisotopic (exact) mass is 411 g/mol. The number of esters is 1. The van der Waals surface area contributed by atoms with Crippen LogP contribution in [0.5, 0.6) is 0 Å². The van der Waals surface area contributed by atoms with Gasteiger partial charge in [-0.05, 0) is 31.0 Å². The van der Waals surface area contributed by atoms with Crippen molar-refractivity contribution in [2.75, 3.05) is 25.6 Å². The lowest BCUT2D eigenvalue weighted by molar-refractivity contribution is -0.384. The van der Waals surface area contributed by atoms with Gasteiger partial charge in [-0.15, -0.1) is 0 Å². The number of rotatable bonds is 8. The minimum absolute atomic E-state index is 0.0129. The van der Waals surface area contributed by atoms with E-state index in [9.17, 15) is 24.5 Å². The molecule has 1 aliphatic carbocycles. The minimum Gasteiger partial charge on any atom is -0.452 e. The summed E-state index contributed by atoms with van der Waals surface area (Å²) in [5.41, 5.74) is 0.227. The summed E-state index contributed by atoms with van der Waals surface area (Å²) in [6, 6.07) is 10.3. The summed E-state index contributed by atoms with van der Waals surface area (Å²) < 4.78 is 5.04. The third-order valence-corrected chi connectivity index (χ3v) is 4.58. The Bertz CT molecular complexity index is 1010. The first-order chi connectivity index (χ1) is 14.3. The summed E-state index contributed by atoms with van der Waals surface area (Å²) in [5.74, 6) is -1.77. The van der Waals surface area contributed by atoms with E-state index in [1.807, 2.05) is 0 Å². The molecule has 1 amide bonds. The largest absolute Gasteiger partial charge is 0.452 e. The Morgan fingerprint density at radius 1 is 1.13 bits per heavy atom. The molecule has 30 heavy (non-hydrogen) atoms. The van der Waals surface area contributed by atoms with Crippen LogP contribution in [-0.4, -0.2) is 49.3 Å². The van der Waals surface area contributed by atoms with Crippen molar-refractivity contribution < 1.29 is 24.0 Å². The Morgan fingerprint density at radius 3 is 2.40 bits per heavy atom. The van der Waals surface area contributed by atoms with Crippen LogP contribution in [0.1, 0.15) is 39.1 Å². The van der Waals surface area contributed by atoms with E-state index < -0.39 is 29.2 Å². The first-order valence-corrected chi connectivity index (χ1v) is 9.34. The van der Waals surface area contributed by atoms with E-state index in [1.54, 1.807) is 31.1 Å². The molecule has 1 fully saturated rings. The average molecular weight is 411 g/mol. The fourth-order valence-electron chi connectivity index (χ4n) is 2.91. The van der Waals surface area contributed by atoms with Gasteiger partial charge < -0.3 is 15.0 Å². The van der Waals surface area contributed by atoms with Gasteiger partial charge in [-0.25, -0.2) is 4.79 Å². The molecule has 1 aliphatic rings. The average Bonchev–Trinajstić information content (AvgIpc) is 3.54. The fraction of sp³-hybridized carbons (Fsp3) is 0.286. The smallest absolute Gasteiger partial charge is 0.339 e. The zero-order chi connectivity index (χ0) is 21.8. The number of benzene rings is 2. The second-order valence-corrected chi connectivity index (χ2v) is 7.15. The lowest BCUT2D eigenvalue weighted by Gasteiger charge is -2.14. The van der Waals surface area contributed by atoms with Gasteiger partial charge in [-0.3, -0.25) is 19.7 Å². The number of ketones is 1. The van der Waals surface area contributed by atoms with Crippen molar-refractivity contribution in [1.82, 2.24) is 5.32 Å². The predicted octanol–water partition coefficient (Wildman–Crippen LogP) is 2.33. The number of nitrogens with zero attached hydrogens (tertiary/aromatic N) is 2. The molecule has 1 saturated carbocycles. The molecule has 2 aromatic carbocycles. The minimum atomic E-state index is -0.815. The van der Waals surface area contributed by atoms with Gasteiger partial charge in [-0.1, -0.05) is 18.2 Å². The number of anilines is 1. The molecule has 0 bridgehead atoms. The summed E-state index contributed by atoms with van der Waals surface area (Å²) in [6.07, 6.45) is 1.82. The van der Waals surface area contributed by atoms with E-state index in [0.717, 1.165) is 12.8 Å². The summed E-state index contributed by atoms with van der Waals surface area (Å²) in [5, 5.41) is 14.1. The third kappa shape index (κ3) is 4.80. The number of amides is 1. The number of ether oxygens (including phenoxy) is 1. The molecule has 9 nitrogen and oxygen atoms in total. The van der Waals surface area contributed by atoms with Crippen LogP contribution in [0, 0.1) is 10.1 Å². The summed E-state index contributed by atoms with van der Waals surface area (Å²) in [7, 11) is 3.32. The number of nitro benzene ring substituents is 1. The van der Waals surface area contributed by atoms with Gasteiger partial charge in [0, 0.05) is 37.3 Å². The quantitative estimate of drug-likeness (QED) is 0.306. The Kier molecular flexibility index (Phi) is 6.10. The lowest BCUT2D eigenvalue weighted by Crippen LogP contribution is -2.30. The van der Waals surface area contributed by atoms with Gasteiger partial charge in [-0.2, -0.15) is 0 Å². The van der Waals surface area contributed by atoms with Gasteiger partial charge in [0.2, 0.25) is 0 Å². The first-order valence-electron chi connectivity index (χ1n) is 9.34. The molecule has 0 unspecified atom stereocenters. The van der Waals surface area contributed by atoms with Crippen LogP contribution < -0.4 is 10.2 Å². The predicted molar refractivity (Wildman–Crippen MR) is 109 cm³/mol. The molecule has 0 heterocycles. The van der Waals surface area contributed by atoms with Crippen molar-refractivity contribution >= 4 is 29.0 Å². The normalized spacial score (nSPS) is 12.7.